The standard InChI is InChI=1S/C19H18ClN3O/c1-12-6-13(2)8-17(7-12)22-11-15(10-21)19(24)23-18-9-16(20)5-4-14(18)3/h4-9,11,22H,1-3H3,(H,23,24)/b15-11-. The minimum Gasteiger partial charge on any atom is -0.360 e. The third-order valence-electron chi connectivity index (χ3n) is 3.42. The molecule has 0 saturated carbocycles. The van der Waals surface area contributed by atoms with Gasteiger partial charge in [-0.05, 0) is 61.7 Å². The van der Waals surface area contributed by atoms with Crippen molar-refractivity contribution >= 4 is 28.9 Å². The second kappa shape index (κ2) is 7.67. The summed E-state index contributed by atoms with van der Waals surface area (Å²) in [6, 6.07) is 13.0. The van der Waals surface area contributed by atoms with Gasteiger partial charge >= 0.3 is 0 Å². The van der Waals surface area contributed by atoms with Crippen molar-refractivity contribution < 1.29 is 4.79 Å². The molecular weight excluding hydrogens is 322 g/mol. The van der Waals surface area contributed by atoms with E-state index in [1.54, 1.807) is 12.1 Å². The maximum absolute atomic E-state index is 12.3. The molecule has 24 heavy (non-hydrogen) atoms. The zero-order chi connectivity index (χ0) is 17.7. The lowest BCUT2D eigenvalue weighted by Gasteiger charge is -2.09. The molecule has 0 bridgehead atoms. The number of rotatable bonds is 4. The van der Waals surface area contributed by atoms with Crippen LogP contribution in [0.4, 0.5) is 11.4 Å². The highest BCUT2D eigenvalue weighted by atomic mass is 35.5. The lowest BCUT2D eigenvalue weighted by Crippen LogP contribution is -2.15. The Bertz CT molecular complexity index is 830. The Kier molecular flexibility index (Phi) is 5.62. The SMILES string of the molecule is Cc1cc(C)cc(N/C=C(/C#N)C(=O)Nc2cc(Cl)ccc2C)c1. The number of carbonyl (C=O) groups excluding carboxylic acids is 1. The van der Waals surface area contributed by atoms with Crippen LogP contribution in [0.2, 0.25) is 5.02 Å². The van der Waals surface area contributed by atoms with Crippen molar-refractivity contribution in [2.45, 2.75) is 20.8 Å². The summed E-state index contributed by atoms with van der Waals surface area (Å²) in [7, 11) is 0. The highest BCUT2D eigenvalue weighted by Crippen LogP contribution is 2.21. The molecule has 2 N–H and O–H groups in total. The van der Waals surface area contributed by atoms with Crippen molar-refractivity contribution in [2.75, 3.05) is 10.6 Å². The van der Waals surface area contributed by atoms with Gasteiger partial charge in [0.1, 0.15) is 11.6 Å². The molecule has 5 heteroatoms. The van der Waals surface area contributed by atoms with Crippen molar-refractivity contribution in [1.29, 1.82) is 5.26 Å². The van der Waals surface area contributed by atoms with Crippen molar-refractivity contribution in [3.63, 3.8) is 0 Å². The summed E-state index contributed by atoms with van der Waals surface area (Å²) in [6.45, 7) is 5.83. The van der Waals surface area contributed by atoms with Crippen LogP contribution in [0, 0.1) is 32.1 Å². The quantitative estimate of drug-likeness (QED) is 0.625. The Morgan fingerprint density at radius 1 is 1.12 bits per heavy atom. The molecule has 0 atom stereocenters. The second-order valence-electron chi connectivity index (χ2n) is 5.60. The number of hydrogen-bond donors (Lipinski definition) is 2. The summed E-state index contributed by atoms with van der Waals surface area (Å²) in [6.07, 6.45) is 1.41. The third kappa shape index (κ3) is 4.61. The molecule has 0 unspecified atom stereocenters. The first-order valence-corrected chi connectivity index (χ1v) is 7.79. The number of benzene rings is 2. The number of anilines is 2. The van der Waals surface area contributed by atoms with Gasteiger partial charge in [-0.2, -0.15) is 5.26 Å². The normalized spacial score (nSPS) is 10.9. The smallest absolute Gasteiger partial charge is 0.267 e. The molecule has 2 rings (SSSR count). The van der Waals surface area contributed by atoms with Crippen molar-refractivity contribution in [3.05, 3.63) is 69.9 Å². The predicted molar refractivity (Wildman–Crippen MR) is 98.1 cm³/mol. The van der Waals surface area contributed by atoms with E-state index < -0.39 is 5.91 Å². The van der Waals surface area contributed by atoms with Gasteiger partial charge in [0.15, 0.2) is 0 Å². The van der Waals surface area contributed by atoms with E-state index in [1.807, 2.05) is 45.0 Å². The number of hydrogen-bond acceptors (Lipinski definition) is 3. The van der Waals surface area contributed by atoms with E-state index in [-0.39, 0.29) is 5.57 Å². The molecule has 122 valence electrons. The minimum absolute atomic E-state index is 0.0199. The van der Waals surface area contributed by atoms with E-state index in [0.29, 0.717) is 10.7 Å². The lowest BCUT2D eigenvalue weighted by molar-refractivity contribution is -0.112. The largest absolute Gasteiger partial charge is 0.360 e. The second-order valence-corrected chi connectivity index (χ2v) is 6.04. The summed E-state index contributed by atoms with van der Waals surface area (Å²) in [4.78, 5) is 12.3. The van der Waals surface area contributed by atoms with Crippen LogP contribution < -0.4 is 10.6 Å². The molecular formula is C19H18ClN3O. The van der Waals surface area contributed by atoms with Gasteiger partial charge in [-0.1, -0.05) is 23.7 Å². The molecule has 0 radical (unpaired) electrons. The van der Waals surface area contributed by atoms with E-state index in [4.69, 9.17) is 11.6 Å². The Morgan fingerprint density at radius 3 is 2.42 bits per heavy atom. The molecule has 0 heterocycles. The van der Waals surface area contributed by atoms with E-state index >= 15 is 0 Å². The summed E-state index contributed by atoms with van der Waals surface area (Å²) in [5.74, 6) is -0.486. The third-order valence-corrected chi connectivity index (χ3v) is 3.65. The minimum atomic E-state index is -0.486. The first-order valence-electron chi connectivity index (χ1n) is 7.41. The monoisotopic (exact) mass is 339 g/mol. The number of nitrogens with zero attached hydrogens (tertiary/aromatic N) is 1. The topological polar surface area (TPSA) is 64.9 Å². The Balaban J connectivity index is 2.16. The molecule has 0 saturated heterocycles. The van der Waals surface area contributed by atoms with Crippen LogP contribution in [0.5, 0.6) is 0 Å². The van der Waals surface area contributed by atoms with Crippen LogP contribution in [-0.2, 0) is 4.79 Å². The van der Waals surface area contributed by atoms with E-state index in [1.165, 1.54) is 6.20 Å². The van der Waals surface area contributed by atoms with Gasteiger partial charge in [-0.3, -0.25) is 4.79 Å². The molecule has 0 aliphatic rings. The van der Waals surface area contributed by atoms with Gasteiger partial charge in [0.25, 0.3) is 5.91 Å². The number of amides is 1. The first-order chi connectivity index (χ1) is 11.4. The molecule has 2 aromatic rings. The summed E-state index contributed by atoms with van der Waals surface area (Å²) in [5, 5.41) is 15.5. The number of nitrogens with one attached hydrogen (secondary N) is 2. The lowest BCUT2D eigenvalue weighted by atomic mass is 10.1. The number of carbonyl (C=O) groups is 1. The van der Waals surface area contributed by atoms with Crippen LogP contribution in [0.1, 0.15) is 16.7 Å². The van der Waals surface area contributed by atoms with Crippen LogP contribution in [0.3, 0.4) is 0 Å². The van der Waals surface area contributed by atoms with Gasteiger partial charge in [0, 0.05) is 22.6 Å². The zero-order valence-electron chi connectivity index (χ0n) is 13.8. The van der Waals surface area contributed by atoms with Gasteiger partial charge in [0.05, 0.1) is 0 Å². The van der Waals surface area contributed by atoms with E-state index in [2.05, 4.69) is 16.7 Å². The Labute approximate surface area is 146 Å². The van der Waals surface area contributed by atoms with Gasteiger partial charge < -0.3 is 10.6 Å². The van der Waals surface area contributed by atoms with Gasteiger partial charge in [0.2, 0.25) is 0 Å². The molecule has 1 amide bonds. The van der Waals surface area contributed by atoms with E-state index in [0.717, 1.165) is 22.4 Å². The van der Waals surface area contributed by atoms with Gasteiger partial charge in [-0.15, -0.1) is 0 Å². The molecule has 0 aliphatic heterocycles. The zero-order valence-corrected chi connectivity index (χ0v) is 14.5. The maximum atomic E-state index is 12.3. The van der Waals surface area contributed by atoms with Crippen molar-refractivity contribution in [1.82, 2.24) is 0 Å². The molecule has 0 fully saturated rings. The fourth-order valence-corrected chi connectivity index (χ4v) is 2.45. The van der Waals surface area contributed by atoms with Crippen molar-refractivity contribution in [2.24, 2.45) is 0 Å². The molecule has 0 aromatic heterocycles. The first kappa shape index (κ1) is 17.6. The summed E-state index contributed by atoms with van der Waals surface area (Å²) in [5.41, 5.74) is 4.46. The Hall–Kier alpha value is -2.77. The van der Waals surface area contributed by atoms with Crippen LogP contribution in [-0.4, -0.2) is 5.91 Å². The predicted octanol–water partition coefficient (Wildman–Crippen LogP) is 4.72. The Morgan fingerprint density at radius 2 is 1.79 bits per heavy atom. The maximum Gasteiger partial charge on any atom is 0.267 e. The van der Waals surface area contributed by atoms with Gasteiger partial charge in [-0.25, -0.2) is 0 Å². The van der Waals surface area contributed by atoms with E-state index in [9.17, 15) is 10.1 Å². The summed E-state index contributed by atoms with van der Waals surface area (Å²) < 4.78 is 0. The van der Waals surface area contributed by atoms with Crippen molar-refractivity contribution in [3.8, 4) is 6.07 Å². The van der Waals surface area contributed by atoms with Crippen LogP contribution >= 0.6 is 11.6 Å². The number of nitriles is 1. The van der Waals surface area contributed by atoms with Crippen LogP contribution in [0.25, 0.3) is 0 Å². The highest BCUT2D eigenvalue weighted by Gasteiger charge is 2.11. The summed E-state index contributed by atoms with van der Waals surface area (Å²) >= 11 is 5.94. The molecule has 0 aliphatic carbocycles. The average molecular weight is 340 g/mol. The number of aryl methyl sites for hydroxylation is 3. The number of halogens is 1. The highest BCUT2D eigenvalue weighted by molar-refractivity contribution is 6.31. The molecule has 0 spiro atoms. The fraction of sp³-hybridized carbons (Fsp3) is 0.158. The molecule has 4 nitrogen and oxygen atoms in total. The molecule has 2 aromatic carbocycles. The average Bonchev–Trinajstić information content (AvgIpc) is 2.50. The fourth-order valence-electron chi connectivity index (χ4n) is 2.28. The van der Waals surface area contributed by atoms with Crippen LogP contribution in [0.15, 0.2) is 48.2 Å².